The molecule has 0 unspecified atom stereocenters. The van der Waals surface area contributed by atoms with Crippen LogP contribution in [0.5, 0.6) is 0 Å². The summed E-state index contributed by atoms with van der Waals surface area (Å²) in [6.07, 6.45) is -5.28. The Morgan fingerprint density at radius 1 is 0.690 bits per heavy atom. The molecule has 42 heavy (non-hydrogen) atoms. The highest BCUT2D eigenvalue weighted by molar-refractivity contribution is 5.91. The van der Waals surface area contributed by atoms with E-state index < -0.39 is 54.6 Å². The van der Waals surface area contributed by atoms with Gasteiger partial charge in [0.1, 0.15) is 12.7 Å². The molecule has 0 N–H and O–H groups in total. The molecule has 0 amide bonds. The summed E-state index contributed by atoms with van der Waals surface area (Å²) in [5.74, 6) is -2.93. The third-order valence-electron chi connectivity index (χ3n) is 6.18. The Labute approximate surface area is 242 Å². The van der Waals surface area contributed by atoms with Crippen LogP contribution in [-0.2, 0) is 33.2 Å². The van der Waals surface area contributed by atoms with E-state index in [1.165, 1.54) is 13.0 Å². The van der Waals surface area contributed by atoms with Crippen LogP contribution >= 0.6 is 0 Å². The molecule has 218 valence electrons. The summed E-state index contributed by atoms with van der Waals surface area (Å²) in [7, 11) is 0. The molecule has 1 saturated heterocycles. The number of carbonyl (C=O) groups is 4. The summed E-state index contributed by atoms with van der Waals surface area (Å²) in [5, 5.41) is 0. The first-order valence-electron chi connectivity index (χ1n) is 13.2. The van der Waals surface area contributed by atoms with Crippen LogP contribution in [0.1, 0.15) is 38.0 Å². The lowest BCUT2D eigenvalue weighted by atomic mass is 9.97. The molecule has 10 heteroatoms. The first kappa shape index (κ1) is 30.2. The topological polar surface area (TPSA) is 124 Å². The van der Waals surface area contributed by atoms with E-state index in [4.69, 9.17) is 28.4 Å². The molecular weight excluding hydrogens is 544 g/mol. The van der Waals surface area contributed by atoms with Gasteiger partial charge in [-0.15, -0.1) is 6.58 Å². The van der Waals surface area contributed by atoms with E-state index in [0.717, 1.165) is 0 Å². The molecule has 1 aliphatic rings. The lowest BCUT2D eigenvalue weighted by Gasteiger charge is -2.44. The zero-order chi connectivity index (χ0) is 29.9. The van der Waals surface area contributed by atoms with Crippen LogP contribution in [0.15, 0.2) is 104 Å². The summed E-state index contributed by atoms with van der Waals surface area (Å²) in [5.41, 5.74) is 0.623. The number of rotatable bonds is 11. The van der Waals surface area contributed by atoms with E-state index in [2.05, 4.69) is 6.58 Å². The number of benzene rings is 3. The van der Waals surface area contributed by atoms with E-state index in [1.807, 2.05) is 0 Å². The zero-order valence-electron chi connectivity index (χ0n) is 22.8. The molecule has 0 spiro atoms. The summed E-state index contributed by atoms with van der Waals surface area (Å²) < 4.78 is 34.6. The van der Waals surface area contributed by atoms with Gasteiger partial charge in [0.15, 0.2) is 24.6 Å². The second-order valence-electron chi connectivity index (χ2n) is 9.18. The Kier molecular flexibility index (Phi) is 10.6. The highest BCUT2D eigenvalue weighted by Crippen LogP contribution is 2.31. The van der Waals surface area contributed by atoms with Gasteiger partial charge in [-0.1, -0.05) is 60.7 Å². The predicted molar refractivity (Wildman–Crippen MR) is 148 cm³/mol. The molecule has 0 radical (unpaired) electrons. The van der Waals surface area contributed by atoms with Gasteiger partial charge in [0.25, 0.3) is 0 Å². The van der Waals surface area contributed by atoms with Gasteiger partial charge in [0.2, 0.25) is 0 Å². The minimum atomic E-state index is -1.44. The van der Waals surface area contributed by atoms with Gasteiger partial charge < -0.3 is 28.4 Å². The number of ether oxygens (including phenoxy) is 6. The van der Waals surface area contributed by atoms with Crippen LogP contribution in [0.2, 0.25) is 0 Å². The van der Waals surface area contributed by atoms with Gasteiger partial charge in [-0.25, -0.2) is 14.4 Å². The van der Waals surface area contributed by atoms with Crippen molar-refractivity contribution in [2.45, 2.75) is 37.6 Å². The van der Waals surface area contributed by atoms with Crippen LogP contribution in [-0.4, -0.2) is 67.8 Å². The highest BCUT2D eigenvalue weighted by atomic mass is 16.7. The van der Waals surface area contributed by atoms with Gasteiger partial charge >= 0.3 is 23.9 Å². The summed E-state index contributed by atoms with van der Waals surface area (Å²) in [4.78, 5) is 51.5. The second-order valence-corrected chi connectivity index (χ2v) is 9.18. The molecule has 3 aromatic carbocycles. The van der Waals surface area contributed by atoms with Gasteiger partial charge in [-0.3, -0.25) is 4.79 Å². The van der Waals surface area contributed by atoms with Crippen LogP contribution in [0.25, 0.3) is 0 Å². The van der Waals surface area contributed by atoms with Crippen molar-refractivity contribution in [3.8, 4) is 0 Å². The minimum Gasteiger partial charge on any atom is -0.463 e. The lowest BCUT2D eigenvalue weighted by Crippen LogP contribution is -2.63. The van der Waals surface area contributed by atoms with E-state index >= 15 is 0 Å². The van der Waals surface area contributed by atoms with E-state index in [0.29, 0.717) is 0 Å². The molecule has 0 aromatic heterocycles. The van der Waals surface area contributed by atoms with Crippen molar-refractivity contribution < 1.29 is 47.6 Å². The SMILES string of the molecule is C=CCO[C@H]1O[C@H](COC(C)=O)[C@@H](OC(=O)c2ccccc2)[C@H](OC(=O)c2ccccc2)[C@@H]1OC(=O)c1ccccc1. The third kappa shape index (κ3) is 7.90. The predicted octanol–water partition coefficient (Wildman–Crippen LogP) is 4.15. The fourth-order valence-electron chi connectivity index (χ4n) is 4.21. The van der Waals surface area contributed by atoms with Gasteiger partial charge in [0.05, 0.1) is 23.3 Å². The molecule has 1 fully saturated rings. The fourth-order valence-corrected chi connectivity index (χ4v) is 4.21. The molecule has 1 aliphatic heterocycles. The van der Waals surface area contributed by atoms with Crippen molar-refractivity contribution in [3.63, 3.8) is 0 Å². The summed E-state index contributed by atoms with van der Waals surface area (Å²) >= 11 is 0. The maximum Gasteiger partial charge on any atom is 0.338 e. The largest absolute Gasteiger partial charge is 0.463 e. The molecule has 0 bridgehead atoms. The van der Waals surface area contributed by atoms with Crippen LogP contribution in [0.3, 0.4) is 0 Å². The zero-order valence-corrected chi connectivity index (χ0v) is 22.8. The normalized spacial score (nSPS) is 21.4. The molecule has 5 atom stereocenters. The second kappa shape index (κ2) is 14.7. The Morgan fingerprint density at radius 2 is 1.12 bits per heavy atom. The standard InChI is InChI=1S/C32H30O10/c1-3-19-37-32-28(42-31(36)24-17-11-6-12-18-24)27(41-30(35)23-15-9-5-10-16-23)26(25(39-32)20-38-21(2)33)40-29(34)22-13-7-4-8-14-22/h3-18,25-28,32H,1,19-20H2,2H3/t25-,26-,27+,28+,32+/m1/s1. The monoisotopic (exact) mass is 574 g/mol. The van der Waals surface area contributed by atoms with Gasteiger partial charge in [-0.05, 0) is 36.4 Å². The molecule has 10 nitrogen and oxygen atoms in total. The number of esters is 4. The average molecular weight is 575 g/mol. The molecular formula is C32H30O10. The van der Waals surface area contributed by atoms with Crippen molar-refractivity contribution in [2.75, 3.05) is 13.2 Å². The molecule has 3 aromatic rings. The molecule has 4 rings (SSSR count). The van der Waals surface area contributed by atoms with Crippen molar-refractivity contribution in [1.82, 2.24) is 0 Å². The van der Waals surface area contributed by atoms with E-state index in [-0.39, 0.29) is 29.9 Å². The van der Waals surface area contributed by atoms with Crippen molar-refractivity contribution in [3.05, 3.63) is 120 Å². The van der Waals surface area contributed by atoms with Crippen LogP contribution < -0.4 is 0 Å². The first-order chi connectivity index (χ1) is 20.4. The smallest absolute Gasteiger partial charge is 0.338 e. The number of hydrogen-bond donors (Lipinski definition) is 0. The maximum atomic E-state index is 13.3. The van der Waals surface area contributed by atoms with Crippen LogP contribution in [0.4, 0.5) is 0 Å². The highest BCUT2D eigenvalue weighted by Gasteiger charge is 2.53. The molecule has 1 heterocycles. The number of carbonyl (C=O) groups excluding carboxylic acids is 4. The van der Waals surface area contributed by atoms with E-state index in [1.54, 1.807) is 91.0 Å². The third-order valence-corrected chi connectivity index (χ3v) is 6.18. The Bertz CT molecular complexity index is 1360. The summed E-state index contributed by atoms with van der Waals surface area (Å²) in [6, 6.07) is 24.4. The quantitative estimate of drug-likeness (QED) is 0.187. The summed E-state index contributed by atoms with van der Waals surface area (Å²) in [6.45, 7) is 4.44. The van der Waals surface area contributed by atoms with Crippen molar-refractivity contribution in [1.29, 1.82) is 0 Å². The van der Waals surface area contributed by atoms with E-state index in [9.17, 15) is 19.2 Å². The van der Waals surface area contributed by atoms with Crippen molar-refractivity contribution in [2.24, 2.45) is 0 Å². The Morgan fingerprint density at radius 3 is 1.55 bits per heavy atom. The maximum absolute atomic E-state index is 13.3. The van der Waals surface area contributed by atoms with Gasteiger partial charge in [-0.2, -0.15) is 0 Å². The van der Waals surface area contributed by atoms with Gasteiger partial charge in [0, 0.05) is 6.92 Å². The molecule has 0 saturated carbocycles. The average Bonchev–Trinajstić information content (AvgIpc) is 3.02. The van der Waals surface area contributed by atoms with Crippen LogP contribution in [0, 0.1) is 0 Å². The number of hydrogen-bond acceptors (Lipinski definition) is 10. The lowest BCUT2D eigenvalue weighted by molar-refractivity contribution is -0.296. The molecule has 0 aliphatic carbocycles. The fraction of sp³-hybridized carbons (Fsp3) is 0.250. The Hall–Kier alpha value is -4.80. The Balaban J connectivity index is 1.75. The van der Waals surface area contributed by atoms with Crippen molar-refractivity contribution >= 4 is 23.9 Å². The first-order valence-corrected chi connectivity index (χ1v) is 13.2. The minimum absolute atomic E-state index is 0.0296.